The summed E-state index contributed by atoms with van der Waals surface area (Å²) in [4.78, 5) is 7.18. The van der Waals surface area contributed by atoms with E-state index in [0.29, 0.717) is 19.8 Å². The highest BCUT2D eigenvalue weighted by atomic mass is 19.1. The number of aryl methyl sites for hydroxylation is 1. The van der Waals surface area contributed by atoms with Gasteiger partial charge in [0.2, 0.25) is 0 Å². The van der Waals surface area contributed by atoms with Gasteiger partial charge in [-0.1, -0.05) is 12.1 Å². The minimum absolute atomic E-state index is 0.0963. The van der Waals surface area contributed by atoms with Gasteiger partial charge < -0.3 is 15.4 Å². The van der Waals surface area contributed by atoms with Crippen LogP contribution in [0.5, 0.6) is 0 Å². The zero-order valence-corrected chi connectivity index (χ0v) is 17.1. The van der Waals surface area contributed by atoms with E-state index < -0.39 is 0 Å². The van der Waals surface area contributed by atoms with Gasteiger partial charge in [-0.05, 0) is 37.1 Å². The Labute approximate surface area is 172 Å². The van der Waals surface area contributed by atoms with Gasteiger partial charge in [-0.2, -0.15) is 5.10 Å². The van der Waals surface area contributed by atoms with Crippen molar-refractivity contribution in [2.45, 2.75) is 25.9 Å². The van der Waals surface area contributed by atoms with Gasteiger partial charge in [-0.3, -0.25) is 14.6 Å². The van der Waals surface area contributed by atoms with Crippen LogP contribution in [0.2, 0.25) is 0 Å². The fourth-order valence-corrected chi connectivity index (χ4v) is 3.41. The van der Waals surface area contributed by atoms with Crippen LogP contribution in [0.25, 0.3) is 0 Å². The Morgan fingerprint density at radius 1 is 1.24 bits per heavy atom. The summed E-state index contributed by atoms with van der Waals surface area (Å²) < 4.78 is 20.8. The predicted molar refractivity (Wildman–Crippen MR) is 112 cm³/mol. The molecule has 1 atom stereocenters. The Bertz CT molecular complexity index is 728. The first-order chi connectivity index (χ1) is 14.3. The molecule has 1 aliphatic heterocycles. The second-order valence-corrected chi connectivity index (χ2v) is 6.98. The van der Waals surface area contributed by atoms with E-state index in [-0.39, 0.29) is 11.9 Å². The van der Waals surface area contributed by atoms with Crippen LogP contribution in [-0.2, 0) is 11.3 Å². The monoisotopic (exact) mass is 402 g/mol. The summed E-state index contributed by atoms with van der Waals surface area (Å²) in [6.45, 7) is 8.26. The summed E-state index contributed by atoms with van der Waals surface area (Å²) in [6, 6.07) is 8.78. The topological polar surface area (TPSA) is 66.7 Å². The summed E-state index contributed by atoms with van der Waals surface area (Å²) in [7, 11) is 0. The molecular weight excluding hydrogens is 371 g/mol. The molecule has 1 unspecified atom stereocenters. The number of aliphatic imine (C=N–C) groups is 1. The lowest BCUT2D eigenvalue weighted by atomic mass is 10.0. The van der Waals surface area contributed by atoms with Crippen LogP contribution in [0, 0.1) is 5.82 Å². The Kier molecular flexibility index (Phi) is 8.45. The molecule has 7 nitrogen and oxygen atoms in total. The predicted octanol–water partition coefficient (Wildman–Crippen LogP) is 2.04. The van der Waals surface area contributed by atoms with Crippen LogP contribution in [-0.4, -0.2) is 66.6 Å². The molecule has 0 aliphatic carbocycles. The minimum Gasteiger partial charge on any atom is -0.379 e. The Balaban J connectivity index is 1.61. The fraction of sp³-hybridized carbons (Fsp3) is 0.524. The molecule has 1 aromatic carbocycles. The van der Waals surface area contributed by atoms with Crippen molar-refractivity contribution in [3.05, 3.63) is 54.1 Å². The first-order valence-corrected chi connectivity index (χ1v) is 10.3. The maximum atomic E-state index is 13.4. The molecule has 2 N–H and O–H groups in total. The molecule has 1 fully saturated rings. The number of morpholine rings is 1. The number of halogens is 1. The molecule has 0 bridgehead atoms. The molecule has 1 aliphatic rings. The minimum atomic E-state index is -0.217. The van der Waals surface area contributed by atoms with E-state index in [1.54, 1.807) is 6.20 Å². The number of aromatic nitrogens is 2. The van der Waals surface area contributed by atoms with E-state index in [1.165, 1.54) is 12.1 Å². The van der Waals surface area contributed by atoms with Crippen LogP contribution < -0.4 is 10.6 Å². The zero-order valence-electron chi connectivity index (χ0n) is 17.1. The summed E-state index contributed by atoms with van der Waals surface area (Å²) in [5, 5.41) is 10.9. The van der Waals surface area contributed by atoms with Crippen molar-refractivity contribution in [3.63, 3.8) is 0 Å². The molecule has 0 amide bonds. The van der Waals surface area contributed by atoms with Crippen molar-refractivity contribution >= 4 is 5.96 Å². The molecule has 0 radical (unpaired) electrons. The summed E-state index contributed by atoms with van der Waals surface area (Å²) in [6.07, 6.45) is 4.71. The fourth-order valence-electron chi connectivity index (χ4n) is 3.41. The summed E-state index contributed by atoms with van der Waals surface area (Å²) in [5.41, 5.74) is 1.08. The first kappa shape index (κ1) is 21.3. The van der Waals surface area contributed by atoms with Gasteiger partial charge in [0, 0.05) is 45.1 Å². The van der Waals surface area contributed by atoms with Crippen LogP contribution in [0.4, 0.5) is 4.39 Å². The molecule has 3 rings (SSSR count). The van der Waals surface area contributed by atoms with Crippen LogP contribution in [0.15, 0.2) is 47.7 Å². The van der Waals surface area contributed by atoms with E-state index in [1.807, 2.05) is 29.1 Å². The lowest BCUT2D eigenvalue weighted by molar-refractivity contribution is 0.0179. The van der Waals surface area contributed by atoms with Crippen molar-refractivity contribution in [3.8, 4) is 0 Å². The van der Waals surface area contributed by atoms with Gasteiger partial charge in [0.15, 0.2) is 5.96 Å². The Hall–Kier alpha value is -2.45. The number of ether oxygens (including phenoxy) is 1. The molecule has 1 aromatic heterocycles. The quantitative estimate of drug-likeness (QED) is 0.382. The molecule has 0 spiro atoms. The molecule has 2 aromatic rings. The summed E-state index contributed by atoms with van der Waals surface area (Å²) in [5.74, 6) is 0.582. The van der Waals surface area contributed by atoms with Crippen LogP contribution >= 0.6 is 0 Å². The lowest BCUT2D eigenvalue weighted by Gasteiger charge is -2.34. The van der Waals surface area contributed by atoms with E-state index in [4.69, 9.17) is 9.73 Å². The highest BCUT2D eigenvalue weighted by Gasteiger charge is 2.22. The SMILES string of the molecule is CCNC(=NCC(c1ccc(F)cc1)N1CCOCC1)NCCCn1cccn1. The van der Waals surface area contributed by atoms with Crippen molar-refractivity contribution in [1.29, 1.82) is 0 Å². The van der Waals surface area contributed by atoms with Gasteiger partial charge in [0.1, 0.15) is 5.82 Å². The van der Waals surface area contributed by atoms with E-state index in [0.717, 1.165) is 50.7 Å². The number of hydrogen-bond donors (Lipinski definition) is 2. The van der Waals surface area contributed by atoms with E-state index in [9.17, 15) is 4.39 Å². The number of hydrogen-bond acceptors (Lipinski definition) is 4. The first-order valence-electron chi connectivity index (χ1n) is 10.3. The Morgan fingerprint density at radius 2 is 2.03 bits per heavy atom. The van der Waals surface area contributed by atoms with Crippen molar-refractivity contribution in [2.24, 2.45) is 4.99 Å². The highest BCUT2D eigenvalue weighted by molar-refractivity contribution is 5.79. The molecular formula is C21H31FN6O. The molecule has 0 saturated carbocycles. The third kappa shape index (κ3) is 6.83. The van der Waals surface area contributed by atoms with Gasteiger partial charge >= 0.3 is 0 Å². The third-order valence-corrected chi connectivity index (χ3v) is 4.92. The maximum absolute atomic E-state index is 13.4. The van der Waals surface area contributed by atoms with E-state index in [2.05, 4.69) is 27.6 Å². The number of nitrogens with one attached hydrogen (secondary N) is 2. The molecule has 1 saturated heterocycles. The maximum Gasteiger partial charge on any atom is 0.191 e. The van der Waals surface area contributed by atoms with Crippen molar-refractivity contribution < 1.29 is 9.13 Å². The largest absolute Gasteiger partial charge is 0.379 e. The van der Waals surface area contributed by atoms with Gasteiger partial charge in [0.05, 0.1) is 25.8 Å². The number of rotatable bonds is 9. The molecule has 2 heterocycles. The Morgan fingerprint density at radius 3 is 2.72 bits per heavy atom. The smallest absolute Gasteiger partial charge is 0.191 e. The zero-order chi connectivity index (χ0) is 20.3. The average molecular weight is 403 g/mol. The van der Waals surface area contributed by atoms with Gasteiger partial charge in [0.25, 0.3) is 0 Å². The second-order valence-electron chi connectivity index (χ2n) is 6.98. The summed E-state index contributed by atoms with van der Waals surface area (Å²) >= 11 is 0. The normalized spacial score (nSPS) is 16.6. The van der Waals surface area contributed by atoms with Crippen LogP contribution in [0.3, 0.4) is 0 Å². The number of guanidine groups is 1. The number of benzene rings is 1. The standard InChI is InChI=1S/C21H31FN6O/c1-2-23-21(24-9-3-11-28-12-4-10-26-28)25-17-20(27-13-15-29-16-14-27)18-5-7-19(22)8-6-18/h4-8,10,12,20H,2-3,9,11,13-17H2,1H3,(H2,23,24,25). The van der Waals surface area contributed by atoms with Gasteiger partial charge in [-0.15, -0.1) is 0 Å². The highest BCUT2D eigenvalue weighted by Crippen LogP contribution is 2.22. The van der Waals surface area contributed by atoms with Crippen LogP contribution in [0.1, 0.15) is 24.9 Å². The van der Waals surface area contributed by atoms with E-state index >= 15 is 0 Å². The van der Waals surface area contributed by atoms with Crippen molar-refractivity contribution in [1.82, 2.24) is 25.3 Å². The second kappa shape index (κ2) is 11.5. The molecule has 158 valence electrons. The number of nitrogens with zero attached hydrogens (tertiary/aromatic N) is 4. The molecule has 29 heavy (non-hydrogen) atoms. The lowest BCUT2D eigenvalue weighted by Crippen LogP contribution is -2.42. The van der Waals surface area contributed by atoms with Crippen molar-refractivity contribution in [2.75, 3.05) is 45.9 Å². The molecule has 8 heteroatoms. The van der Waals surface area contributed by atoms with Gasteiger partial charge in [-0.25, -0.2) is 4.39 Å². The third-order valence-electron chi connectivity index (χ3n) is 4.92. The average Bonchev–Trinajstić information content (AvgIpc) is 3.27.